The number of aliphatic hydroxyl groups is 1. The molecule has 1 spiro atoms. The molecule has 4 heterocycles. The number of halogens is 3. The maximum atomic E-state index is 16.8. The molecule has 4 aromatic rings. The number of aliphatic hydroxyl groups excluding tert-OH is 1. The molecule has 2 aliphatic carbocycles. The molecule has 48 heavy (non-hydrogen) atoms. The van der Waals surface area contributed by atoms with E-state index >= 15 is 8.78 Å². The van der Waals surface area contributed by atoms with Gasteiger partial charge >= 0.3 is 6.01 Å². The largest absolute Gasteiger partial charge is 0.508 e. The van der Waals surface area contributed by atoms with Crippen molar-refractivity contribution in [2.45, 2.75) is 69.6 Å². The number of anilines is 1. The molecule has 0 radical (unpaired) electrons. The van der Waals surface area contributed by atoms with Gasteiger partial charge in [-0.15, -0.1) is 0 Å². The first-order valence-corrected chi connectivity index (χ1v) is 17.3. The van der Waals surface area contributed by atoms with Crippen molar-refractivity contribution in [1.82, 2.24) is 20.2 Å². The van der Waals surface area contributed by atoms with Crippen LogP contribution in [-0.2, 0) is 0 Å². The topological polar surface area (TPSA) is 94.0 Å². The van der Waals surface area contributed by atoms with Gasteiger partial charge < -0.3 is 30.1 Å². The van der Waals surface area contributed by atoms with Crippen molar-refractivity contribution >= 4 is 27.5 Å². The summed E-state index contributed by atoms with van der Waals surface area (Å²) in [4.78, 5) is 14.2. The van der Waals surface area contributed by atoms with Crippen LogP contribution in [0.5, 0.6) is 11.8 Å². The Morgan fingerprint density at radius 1 is 0.896 bits per heavy atom. The van der Waals surface area contributed by atoms with E-state index in [-0.39, 0.29) is 50.7 Å². The van der Waals surface area contributed by atoms with Crippen LogP contribution in [0, 0.1) is 28.3 Å². The number of phenolic OH excluding ortho intramolecular Hbond substituents is 1. The molecule has 2 atom stereocenters. The number of nitrogens with zero attached hydrogens (tertiary/aromatic N) is 4. The molecular weight excluding hydrogens is 619 g/mol. The zero-order valence-electron chi connectivity index (χ0n) is 26.8. The minimum atomic E-state index is -1.10. The molecule has 2 bridgehead atoms. The fourth-order valence-electron chi connectivity index (χ4n) is 8.95. The van der Waals surface area contributed by atoms with E-state index in [0.29, 0.717) is 35.3 Å². The predicted octanol–water partition coefficient (Wildman–Crippen LogP) is 5.91. The number of aromatic nitrogens is 2. The highest BCUT2D eigenvalue weighted by atomic mass is 19.2. The van der Waals surface area contributed by atoms with Gasteiger partial charge in [0.25, 0.3) is 0 Å². The lowest BCUT2D eigenvalue weighted by atomic mass is 9.61. The Bertz CT molecular complexity index is 1910. The van der Waals surface area contributed by atoms with E-state index in [1.54, 1.807) is 6.07 Å². The van der Waals surface area contributed by atoms with Crippen molar-refractivity contribution in [2.75, 3.05) is 44.2 Å². The highest BCUT2D eigenvalue weighted by molar-refractivity contribution is 6.01. The highest BCUT2D eigenvalue weighted by Gasteiger charge is 2.49. The second-order valence-corrected chi connectivity index (χ2v) is 15.3. The summed E-state index contributed by atoms with van der Waals surface area (Å²) in [7, 11) is 0. The smallest absolute Gasteiger partial charge is 0.319 e. The van der Waals surface area contributed by atoms with Gasteiger partial charge in [0.15, 0.2) is 17.5 Å². The normalized spacial score (nSPS) is 24.8. The number of phenols is 1. The number of benzene rings is 3. The summed E-state index contributed by atoms with van der Waals surface area (Å²) < 4.78 is 52.7. The zero-order valence-corrected chi connectivity index (χ0v) is 26.8. The monoisotopic (exact) mass is 659 g/mol. The van der Waals surface area contributed by atoms with Crippen molar-refractivity contribution in [3.63, 3.8) is 0 Å². The summed E-state index contributed by atoms with van der Waals surface area (Å²) >= 11 is 0. The van der Waals surface area contributed by atoms with E-state index in [1.807, 2.05) is 0 Å². The Hall–Kier alpha value is -3.67. The molecule has 8 nitrogen and oxygen atoms in total. The molecule has 2 saturated carbocycles. The van der Waals surface area contributed by atoms with Crippen molar-refractivity contribution in [2.24, 2.45) is 10.8 Å². The van der Waals surface area contributed by atoms with Crippen molar-refractivity contribution < 1.29 is 28.1 Å². The first-order chi connectivity index (χ1) is 23.2. The lowest BCUT2D eigenvalue weighted by Gasteiger charge is -2.51. The number of hydrogen-bond donors (Lipinski definition) is 3. The molecule has 252 valence electrons. The van der Waals surface area contributed by atoms with Gasteiger partial charge in [-0.25, -0.2) is 13.2 Å². The summed E-state index contributed by atoms with van der Waals surface area (Å²) in [6.07, 6.45) is 8.19. The van der Waals surface area contributed by atoms with Crippen LogP contribution < -0.4 is 15.0 Å². The number of fused-ring (bicyclic) bond motifs is 4. The Labute approximate surface area is 276 Å². The molecule has 9 rings (SSSR count). The van der Waals surface area contributed by atoms with E-state index in [4.69, 9.17) is 9.72 Å². The maximum Gasteiger partial charge on any atom is 0.319 e. The van der Waals surface area contributed by atoms with Crippen molar-refractivity contribution in [3.8, 4) is 22.9 Å². The number of piperidine rings is 1. The van der Waals surface area contributed by atoms with Crippen LogP contribution in [0.3, 0.4) is 0 Å². The minimum Gasteiger partial charge on any atom is -0.508 e. The number of ether oxygens (including phenoxy) is 1. The number of hydrogen-bond acceptors (Lipinski definition) is 8. The van der Waals surface area contributed by atoms with Gasteiger partial charge in [-0.05, 0) is 105 Å². The molecule has 11 heteroatoms. The molecular formula is C37H40F3N5O3. The fourth-order valence-corrected chi connectivity index (χ4v) is 8.95. The molecule has 5 fully saturated rings. The first kappa shape index (κ1) is 30.4. The van der Waals surface area contributed by atoms with E-state index in [9.17, 15) is 14.6 Å². The van der Waals surface area contributed by atoms with Crippen molar-refractivity contribution in [1.29, 1.82) is 0 Å². The third-order valence-corrected chi connectivity index (χ3v) is 11.8. The zero-order chi connectivity index (χ0) is 32.8. The van der Waals surface area contributed by atoms with E-state index < -0.39 is 17.5 Å². The van der Waals surface area contributed by atoms with Crippen LogP contribution in [0.25, 0.3) is 32.8 Å². The van der Waals surface area contributed by atoms with Crippen molar-refractivity contribution in [3.05, 3.63) is 53.8 Å². The molecule has 2 unspecified atom stereocenters. The average molecular weight is 660 g/mol. The van der Waals surface area contributed by atoms with Crippen LogP contribution in [0.2, 0.25) is 0 Å². The lowest BCUT2D eigenvalue weighted by Crippen LogP contribution is -2.51. The summed E-state index contributed by atoms with van der Waals surface area (Å²) in [5, 5.41) is 24.6. The van der Waals surface area contributed by atoms with Crippen LogP contribution in [-0.4, -0.2) is 82.6 Å². The van der Waals surface area contributed by atoms with Gasteiger partial charge in [0, 0.05) is 53.5 Å². The van der Waals surface area contributed by atoms with Gasteiger partial charge in [0.2, 0.25) is 0 Å². The molecule has 3 saturated heterocycles. The Morgan fingerprint density at radius 2 is 1.65 bits per heavy atom. The van der Waals surface area contributed by atoms with Gasteiger partial charge in [0.05, 0.1) is 12.7 Å². The molecule has 3 N–H and O–H groups in total. The first-order valence-electron chi connectivity index (χ1n) is 17.3. The summed E-state index contributed by atoms with van der Waals surface area (Å²) in [5.74, 6) is -2.45. The number of nitrogens with one attached hydrogen (secondary N) is 1. The van der Waals surface area contributed by atoms with Crippen LogP contribution in [0.1, 0.15) is 51.4 Å². The van der Waals surface area contributed by atoms with Gasteiger partial charge in [-0.1, -0.05) is 12.1 Å². The van der Waals surface area contributed by atoms with Crippen LogP contribution in [0.15, 0.2) is 36.4 Å². The molecule has 3 aliphatic heterocycles. The summed E-state index contributed by atoms with van der Waals surface area (Å²) in [5.41, 5.74) is 0.416. The standard InChI is InChI=1S/C37H40F3N5O3/c38-29-6-1-21-13-24(46)14-28(30(21)32(29)40)26-4-5-27-33(31(26)39)42-35(43-34(27)45-17-22-2-3-23(18-45)41-22)48-20-37(7-8-37)19-44-11-9-36(10-12-44)15-25(47)16-36/h1,4-6,13-14,22-23,25,41,46-47H,2-3,7-12,15-20H2. The van der Waals surface area contributed by atoms with E-state index in [2.05, 4.69) is 20.1 Å². The third kappa shape index (κ3) is 5.25. The lowest BCUT2D eigenvalue weighted by molar-refractivity contribution is -0.0706. The second-order valence-electron chi connectivity index (χ2n) is 15.3. The third-order valence-electron chi connectivity index (χ3n) is 11.8. The summed E-state index contributed by atoms with van der Waals surface area (Å²) in [6, 6.07) is 8.96. The fraction of sp³-hybridized carbons (Fsp3) is 0.514. The minimum absolute atomic E-state index is 0.00125. The average Bonchev–Trinajstić information content (AvgIpc) is 3.75. The Balaban J connectivity index is 1.05. The van der Waals surface area contributed by atoms with Crippen LogP contribution in [0.4, 0.5) is 19.0 Å². The molecule has 5 aliphatic rings. The van der Waals surface area contributed by atoms with Gasteiger partial charge in [-0.3, -0.25) is 0 Å². The van der Waals surface area contributed by atoms with Gasteiger partial charge in [-0.2, -0.15) is 9.97 Å². The Morgan fingerprint density at radius 3 is 2.35 bits per heavy atom. The highest BCUT2D eigenvalue weighted by Crippen LogP contribution is 2.51. The summed E-state index contributed by atoms with van der Waals surface area (Å²) in [6.45, 7) is 4.86. The number of aromatic hydroxyl groups is 1. The Kier molecular flexibility index (Phi) is 7.08. The number of piperazine rings is 1. The quantitative estimate of drug-likeness (QED) is 0.226. The van der Waals surface area contributed by atoms with Crippen LogP contribution >= 0.6 is 0 Å². The van der Waals surface area contributed by atoms with E-state index in [1.165, 1.54) is 24.3 Å². The second kappa shape index (κ2) is 11.2. The van der Waals surface area contributed by atoms with E-state index in [0.717, 1.165) is 90.2 Å². The predicted molar refractivity (Wildman–Crippen MR) is 177 cm³/mol. The number of rotatable bonds is 7. The SMILES string of the molecule is Oc1cc(-c2ccc3c(N4CC5CCC(C4)N5)nc(OCC4(CN5CCC6(CC5)CC(O)C6)CC4)nc3c2F)c2c(F)c(F)ccc2c1. The molecule has 0 amide bonds. The molecule has 1 aromatic heterocycles. The number of likely N-dealkylation sites (tertiary alicyclic amines) is 1. The molecule has 3 aromatic carbocycles. The maximum absolute atomic E-state index is 16.8. The van der Waals surface area contributed by atoms with Gasteiger partial charge in [0.1, 0.15) is 17.1 Å².